The van der Waals surface area contributed by atoms with Gasteiger partial charge in [-0.15, -0.1) is 0 Å². The lowest BCUT2D eigenvalue weighted by Gasteiger charge is -2.29. The summed E-state index contributed by atoms with van der Waals surface area (Å²) in [5.41, 5.74) is 26.8. The van der Waals surface area contributed by atoms with Gasteiger partial charge in [0.15, 0.2) is 0 Å². The third-order valence-corrected chi connectivity index (χ3v) is 20.8. The second-order valence-electron chi connectivity index (χ2n) is 26.8. The summed E-state index contributed by atoms with van der Waals surface area (Å²) < 4.78 is 0. The molecule has 0 amide bonds. The maximum absolute atomic E-state index is 2.48. The van der Waals surface area contributed by atoms with Crippen LogP contribution in [0.2, 0.25) is 0 Å². The van der Waals surface area contributed by atoms with Gasteiger partial charge in [0.2, 0.25) is 0 Å². The van der Waals surface area contributed by atoms with Crippen LogP contribution in [0.3, 0.4) is 0 Å². The number of fused-ring (bicyclic) bond motifs is 11. The minimum Gasteiger partial charge on any atom is -0.310 e. The van der Waals surface area contributed by atoms with Crippen molar-refractivity contribution in [2.24, 2.45) is 0 Å². The van der Waals surface area contributed by atoms with Crippen molar-refractivity contribution in [1.82, 2.24) is 0 Å². The highest BCUT2D eigenvalue weighted by atomic mass is 15.1. The molecule has 0 unspecified atom stereocenters. The fraction of sp³-hybridized carbons (Fsp3) is 0.0652. The first-order valence-electron chi connectivity index (χ1n) is 33.0. The van der Waals surface area contributed by atoms with Gasteiger partial charge in [-0.3, -0.25) is 0 Å². The molecule has 94 heavy (non-hydrogen) atoms. The van der Waals surface area contributed by atoms with Crippen LogP contribution < -0.4 is 9.80 Å². The zero-order valence-corrected chi connectivity index (χ0v) is 53.1. The number of hydrogen-bond acceptors (Lipinski definition) is 2. The van der Waals surface area contributed by atoms with E-state index in [4.69, 9.17) is 0 Å². The third kappa shape index (κ3) is 8.78. The highest BCUT2D eigenvalue weighted by Crippen LogP contribution is 2.54. The molecule has 0 heterocycles. The lowest BCUT2D eigenvalue weighted by atomic mass is 9.81. The van der Waals surface area contributed by atoms with Crippen molar-refractivity contribution in [1.29, 1.82) is 0 Å². The Morgan fingerprint density at radius 3 is 1.16 bits per heavy atom. The van der Waals surface area contributed by atoms with E-state index in [9.17, 15) is 0 Å². The van der Waals surface area contributed by atoms with E-state index in [0.717, 1.165) is 34.1 Å². The highest BCUT2D eigenvalue weighted by Gasteiger charge is 2.37. The molecule has 18 rings (SSSR count). The Morgan fingerprint density at radius 1 is 0.202 bits per heavy atom. The average molecular weight is 1200 g/mol. The van der Waals surface area contributed by atoms with Gasteiger partial charge < -0.3 is 9.80 Å². The van der Waals surface area contributed by atoms with Crippen LogP contribution in [0, 0.1) is 0 Å². The van der Waals surface area contributed by atoms with Gasteiger partial charge in [-0.05, 0) is 228 Å². The minimum atomic E-state index is -0.113. The smallest absolute Gasteiger partial charge is 0.0540 e. The van der Waals surface area contributed by atoms with Gasteiger partial charge >= 0.3 is 0 Å². The van der Waals surface area contributed by atoms with Crippen molar-refractivity contribution in [2.45, 2.75) is 38.5 Å². The van der Waals surface area contributed by atoms with Crippen molar-refractivity contribution in [3.63, 3.8) is 0 Å². The predicted octanol–water partition coefficient (Wildman–Crippen LogP) is 25.7. The summed E-state index contributed by atoms with van der Waals surface area (Å²) in [6.45, 7) is 9.46. The number of rotatable bonds is 10. The van der Waals surface area contributed by atoms with Crippen molar-refractivity contribution >= 4 is 88.0 Å². The molecule has 0 aromatic heterocycles. The number of para-hydroxylation sites is 2. The SMILES string of the molecule is CC1(C)c2ccccc2-c2ccc(-c3ccc(N(c4ccccc4)c4ccc5c(-c6ccc7ccccc7c6)c6cc(N(c7ccccc7)c7ccc(-c8ccc9c(c8)C(C)(C)c8ccccc8-9)c8ccccc78)ccc6c(-c6ccc7ccccc7c6)c5c4)cc3)cc21. The highest BCUT2D eigenvalue weighted by molar-refractivity contribution is 6.24. The van der Waals surface area contributed by atoms with E-state index >= 15 is 0 Å². The van der Waals surface area contributed by atoms with Crippen LogP contribution in [0.15, 0.2) is 328 Å². The van der Waals surface area contributed by atoms with Crippen molar-refractivity contribution in [3.05, 3.63) is 350 Å². The molecule has 444 valence electrons. The summed E-state index contributed by atoms with van der Waals surface area (Å²) in [6, 6.07) is 123. The van der Waals surface area contributed by atoms with E-state index in [1.54, 1.807) is 0 Å². The normalized spacial score (nSPS) is 13.3. The topological polar surface area (TPSA) is 6.48 Å². The second-order valence-corrected chi connectivity index (χ2v) is 26.8. The van der Waals surface area contributed by atoms with Crippen molar-refractivity contribution < 1.29 is 0 Å². The largest absolute Gasteiger partial charge is 0.310 e. The first-order chi connectivity index (χ1) is 46.1. The Kier molecular flexibility index (Phi) is 12.7. The Hall–Kier alpha value is -11.6. The summed E-state index contributed by atoms with van der Waals surface area (Å²) in [4.78, 5) is 4.91. The van der Waals surface area contributed by atoms with E-state index in [0.29, 0.717) is 0 Å². The lowest BCUT2D eigenvalue weighted by Crippen LogP contribution is -2.14. The summed E-state index contributed by atoms with van der Waals surface area (Å²) in [6.07, 6.45) is 0. The minimum absolute atomic E-state index is 0.0859. The lowest BCUT2D eigenvalue weighted by molar-refractivity contribution is 0.660. The van der Waals surface area contributed by atoms with E-state index in [2.05, 4.69) is 365 Å². The summed E-state index contributed by atoms with van der Waals surface area (Å²) in [5, 5.41) is 11.9. The summed E-state index contributed by atoms with van der Waals surface area (Å²) in [5.74, 6) is 0. The maximum atomic E-state index is 2.48. The number of anilines is 6. The van der Waals surface area contributed by atoms with Crippen LogP contribution in [0.1, 0.15) is 49.9 Å². The van der Waals surface area contributed by atoms with Crippen molar-refractivity contribution in [2.75, 3.05) is 9.80 Å². The van der Waals surface area contributed by atoms with Crippen LogP contribution in [0.25, 0.3) is 121 Å². The molecular weight excluding hydrogens is 1130 g/mol. The standard InChI is InChI=1S/C92H66N2/c1-91(2)84-33-19-17-30-75(84)77-47-41-64(55-86(77)91)61-39-43-70(44-40-61)93(68-25-7-5-8-26-68)71-45-49-80-82(57-71)89(66-37-35-59-21-11-13-23-62(59)53-66)81-50-46-72(58-83(81)90(80)67-38-36-60-22-12-14-24-63(60)54-67)94(69-27-9-6-10-28-69)88-52-51-73(74-29-15-16-32-79(74)88)65-42-48-78-76-31-18-20-34-85(76)92(3,4)87(78)56-65/h5-58H,1-4H3. The summed E-state index contributed by atoms with van der Waals surface area (Å²) in [7, 11) is 0. The molecule has 0 aliphatic heterocycles. The zero-order chi connectivity index (χ0) is 62.8. The quantitative estimate of drug-likeness (QED) is 0.126. The molecule has 0 saturated heterocycles. The Labute approximate surface area is 549 Å². The first kappa shape index (κ1) is 55.3. The number of nitrogens with zero attached hydrogens (tertiary/aromatic N) is 2. The monoisotopic (exact) mass is 1200 g/mol. The molecule has 0 N–H and O–H groups in total. The molecule has 0 fully saturated rings. The molecule has 16 aromatic rings. The molecule has 2 heteroatoms. The molecule has 0 atom stereocenters. The van der Waals surface area contributed by atoms with Crippen LogP contribution in [-0.2, 0) is 10.8 Å². The van der Waals surface area contributed by atoms with Gasteiger partial charge in [0, 0.05) is 44.7 Å². The molecule has 2 nitrogen and oxygen atoms in total. The third-order valence-electron chi connectivity index (χ3n) is 20.8. The van der Waals surface area contributed by atoms with Gasteiger partial charge in [-0.25, -0.2) is 0 Å². The number of hydrogen-bond donors (Lipinski definition) is 0. The van der Waals surface area contributed by atoms with Crippen LogP contribution in [0.5, 0.6) is 0 Å². The van der Waals surface area contributed by atoms with E-state index < -0.39 is 0 Å². The Morgan fingerprint density at radius 2 is 0.596 bits per heavy atom. The van der Waals surface area contributed by atoms with Gasteiger partial charge in [0.1, 0.15) is 0 Å². The Bertz CT molecular complexity index is 5740. The number of benzene rings is 16. The molecule has 2 aliphatic rings. The van der Waals surface area contributed by atoms with Gasteiger partial charge in [-0.1, -0.05) is 264 Å². The van der Waals surface area contributed by atoms with Gasteiger partial charge in [-0.2, -0.15) is 0 Å². The summed E-state index contributed by atoms with van der Waals surface area (Å²) >= 11 is 0. The van der Waals surface area contributed by atoms with Gasteiger partial charge in [0.25, 0.3) is 0 Å². The average Bonchev–Trinajstić information content (AvgIpc) is 1.07. The molecule has 0 saturated carbocycles. The second kappa shape index (κ2) is 21.5. The molecule has 0 spiro atoms. The van der Waals surface area contributed by atoms with Crippen LogP contribution in [0.4, 0.5) is 34.1 Å². The molecule has 0 bridgehead atoms. The fourth-order valence-corrected chi connectivity index (χ4v) is 16.1. The van der Waals surface area contributed by atoms with Crippen LogP contribution in [-0.4, -0.2) is 0 Å². The maximum Gasteiger partial charge on any atom is 0.0540 e. The fourth-order valence-electron chi connectivity index (χ4n) is 16.1. The van der Waals surface area contributed by atoms with E-state index in [-0.39, 0.29) is 10.8 Å². The van der Waals surface area contributed by atoms with E-state index in [1.165, 1.54) is 143 Å². The molecule has 2 aliphatic carbocycles. The van der Waals surface area contributed by atoms with E-state index in [1.807, 2.05) is 0 Å². The zero-order valence-electron chi connectivity index (χ0n) is 53.1. The Balaban J connectivity index is 0.843. The van der Waals surface area contributed by atoms with Crippen molar-refractivity contribution in [3.8, 4) is 66.8 Å². The molecular formula is C92H66N2. The molecule has 0 radical (unpaired) electrons. The predicted molar refractivity (Wildman–Crippen MR) is 400 cm³/mol. The molecule has 16 aromatic carbocycles. The first-order valence-corrected chi connectivity index (χ1v) is 33.0. The van der Waals surface area contributed by atoms with Gasteiger partial charge in [0.05, 0.1) is 5.69 Å². The van der Waals surface area contributed by atoms with Crippen LogP contribution >= 0.6 is 0 Å².